The minimum atomic E-state index is -0.0409. The Morgan fingerprint density at radius 2 is 1.04 bits per heavy atom. The molecule has 12 rings (SSSR count). The van der Waals surface area contributed by atoms with Crippen LogP contribution < -0.4 is 0 Å². The first-order valence-corrected chi connectivity index (χ1v) is 18.7. The molecule has 0 atom stereocenters. The Kier molecular flexibility index (Phi) is 5.72. The highest BCUT2D eigenvalue weighted by Crippen LogP contribution is 2.63. The van der Waals surface area contributed by atoms with Gasteiger partial charge in [-0.3, -0.25) is 0 Å². The molecule has 5 aliphatic rings. The van der Waals surface area contributed by atoms with Crippen molar-refractivity contribution in [3.8, 4) is 33.4 Å². The molecule has 0 amide bonds. The Labute approximate surface area is 289 Å². The molecule has 0 aliphatic heterocycles. The smallest absolute Gasteiger partial charge is 0.0159 e. The zero-order valence-electron chi connectivity index (χ0n) is 28.6. The van der Waals surface area contributed by atoms with Crippen LogP contribution in [0, 0.1) is 17.8 Å². The summed E-state index contributed by atoms with van der Waals surface area (Å²) >= 11 is 0. The molecule has 0 nitrogen and oxygen atoms in total. The first kappa shape index (κ1) is 28.2. The fraction of sp³-hybridized carbons (Fsp3) is 0.265. The van der Waals surface area contributed by atoms with Gasteiger partial charge in [-0.15, -0.1) is 0 Å². The van der Waals surface area contributed by atoms with Crippen LogP contribution in [0.15, 0.2) is 127 Å². The molecule has 49 heavy (non-hydrogen) atoms. The van der Waals surface area contributed by atoms with Crippen molar-refractivity contribution >= 4 is 32.3 Å². The zero-order valence-corrected chi connectivity index (χ0v) is 28.6. The molecule has 0 unspecified atom stereocenters. The van der Waals surface area contributed by atoms with Gasteiger partial charge in [0.15, 0.2) is 0 Å². The molecule has 5 aliphatic carbocycles. The van der Waals surface area contributed by atoms with Crippen molar-refractivity contribution in [2.75, 3.05) is 0 Å². The molecule has 4 saturated carbocycles. The van der Waals surface area contributed by atoms with Gasteiger partial charge in [0.05, 0.1) is 0 Å². The van der Waals surface area contributed by atoms with Crippen LogP contribution in [0.3, 0.4) is 0 Å². The van der Waals surface area contributed by atoms with Crippen molar-refractivity contribution in [2.45, 2.75) is 63.2 Å². The van der Waals surface area contributed by atoms with Gasteiger partial charge in [0.1, 0.15) is 0 Å². The third-order valence-electron chi connectivity index (χ3n) is 13.6. The second kappa shape index (κ2) is 9.95. The van der Waals surface area contributed by atoms with E-state index in [2.05, 4.69) is 141 Å². The van der Waals surface area contributed by atoms with E-state index in [4.69, 9.17) is 0 Å². The lowest BCUT2D eigenvalue weighted by Gasteiger charge is -2.57. The Morgan fingerprint density at radius 3 is 1.84 bits per heavy atom. The number of hydrogen-bond donors (Lipinski definition) is 0. The SMILES string of the molecule is CC1(C)c2ccccc2-c2ccc(-c3c4ccccc4c(C45CC6CC(CC(C6)C4)C5)c4ccc(-c5cccc6ccccc56)cc34)cc21. The van der Waals surface area contributed by atoms with Gasteiger partial charge in [0, 0.05) is 5.41 Å². The van der Waals surface area contributed by atoms with Crippen molar-refractivity contribution in [2.24, 2.45) is 17.8 Å². The molecule has 0 heterocycles. The molecule has 4 bridgehead atoms. The third kappa shape index (κ3) is 3.92. The maximum absolute atomic E-state index is 2.57. The molecule has 0 saturated heterocycles. The summed E-state index contributed by atoms with van der Waals surface area (Å²) in [6, 6.07) is 49.1. The van der Waals surface area contributed by atoms with E-state index < -0.39 is 0 Å². The van der Waals surface area contributed by atoms with Crippen molar-refractivity contribution in [3.63, 3.8) is 0 Å². The van der Waals surface area contributed by atoms with Gasteiger partial charge in [0.2, 0.25) is 0 Å². The normalized spacial score (nSPS) is 24.5. The third-order valence-corrected chi connectivity index (χ3v) is 13.6. The standard InChI is InChI=1S/C49H42/c1-48(2)44-17-8-7-13-38(44)39-20-19-35(26-45(39)48)46-40-14-5-6-15-41(40)47(49-27-30-22-31(28-49)24-32(23-30)29-49)42-21-18-34(25-43(42)46)37-16-9-11-33-10-3-4-12-36(33)37/h3-21,25-26,30-32H,22-24,27-29H2,1-2H3. The summed E-state index contributed by atoms with van der Waals surface area (Å²) in [6.45, 7) is 4.82. The lowest BCUT2D eigenvalue weighted by Crippen LogP contribution is -2.48. The second-order valence-corrected chi connectivity index (χ2v) is 16.7. The van der Waals surface area contributed by atoms with E-state index in [-0.39, 0.29) is 10.8 Å². The minimum absolute atomic E-state index is 0.0409. The summed E-state index contributed by atoms with van der Waals surface area (Å²) in [7, 11) is 0. The Bertz CT molecular complexity index is 2470. The highest BCUT2D eigenvalue weighted by Gasteiger charge is 2.52. The molecule has 0 radical (unpaired) electrons. The zero-order chi connectivity index (χ0) is 32.5. The van der Waals surface area contributed by atoms with Gasteiger partial charge >= 0.3 is 0 Å². The van der Waals surface area contributed by atoms with Crippen molar-refractivity contribution in [1.29, 1.82) is 0 Å². The van der Waals surface area contributed by atoms with Crippen LogP contribution >= 0.6 is 0 Å². The quantitative estimate of drug-likeness (QED) is 0.170. The van der Waals surface area contributed by atoms with E-state index in [1.54, 1.807) is 5.56 Å². The minimum Gasteiger partial charge on any atom is -0.0619 e. The average Bonchev–Trinajstić information content (AvgIpc) is 3.35. The van der Waals surface area contributed by atoms with Crippen LogP contribution in [-0.4, -0.2) is 0 Å². The van der Waals surface area contributed by atoms with E-state index in [1.807, 2.05) is 0 Å². The summed E-state index contributed by atoms with van der Waals surface area (Å²) in [5.41, 5.74) is 12.9. The molecule has 0 spiro atoms. The molecule has 0 aromatic heterocycles. The predicted molar refractivity (Wildman–Crippen MR) is 207 cm³/mol. The maximum atomic E-state index is 2.57. The van der Waals surface area contributed by atoms with Gasteiger partial charge < -0.3 is 0 Å². The van der Waals surface area contributed by atoms with Gasteiger partial charge in [-0.2, -0.15) is 0 Å². The van der Waals surface area contributed by atoms with Gasteiger partial charge in [-0.05, 0) is 156 Å². The largest absolute Gasteiger partial charge is 0.0619 e. The summed E-state index contributed by atoms with van der Waals surface area (Å²) < 4.78 is 0. The average molecular weight is 631 g/mol. The van der Waals surface area contributed by atoms with Crippen LogP contribution in [0.25, 0.3) is 65.7 Å². The Morgan fingerprint density at radius 1 is 0.449 bits per heavy atom. The summed E-state index contributed by atoms with van der Waals surface area (Å²) in [5, 5.41) is 8.45. The Hall–Kier alpha value is -4.68. The predicted octanol–water partition coefficient (Wildman–Crippen LogP) is 13.3. The molecule has 238 valence electrons. The van der Waals surface area contributed by atoms with Crippen molar-refractivity contribution in [1.82, 2.24) is 0 Å². The number of fused-ring (bicyclic) bond motifs is 6. The van der Waals surface area contributed by atoms with E-state index in [0.717, 1.165) is 17.8 Å². The first-order valence-electron chi connectivity index (χ1n) is 18.7. The van der Waals surface area contributed by atoms with Crippen molar-refractivity contribution < 1.29 is 0 Å². The molecule has 7 aromatic rings. The molecule has 0 N–H and O–H groups in total. The number of rotatable bonds is 3. The maximum Gasteiger partial charge on any atom is 0.0159 e. The first-order chi connectivity index (χ1) is 24.0. The van der Waals surface area contributed by atoms with E-state index >= 15 is 0 Å². The lowest BCUT2D eigenvalue weighted by molar-refractivity contribution is -0.00382. The van der Waals surface area contributed by atoms with Crippen molar-refractivity contribution in [3.05, 3.63) is 144 Å². The monoisotopic (exact) mass is 630 g/mol. The summed E-state index contributed by atoms with van der Waals surface area (Å²) in [6.07, 6.45) is 8.50. The van der Waals surface area contributed by atoms with Gasteiger partial charge in [-0.25, -0.2) is 0 Å². The Balaban J connectivity index is 1.23. The summed E-state index contributed by atoms with van der Waals surface area (Å²) in [5.74, 6) is 2.70. The number of hydrogen-bond acceptors (Lipinski definition) is 0. The number of benzene rings is 7. The van der Waals surface area contributed by atoms with Crippen LogP contribution in [-0.2, 0) is 10.8 Å². The van der Waals surface area contributed by atoms with Crippen LogP contribution in [0.1, 0.15) is 69.1 Å². The van der Waals surface area contributed by atoms with E-state index in [1.165, 1.54) is 115 Å². The highest BCUT2D eigenvalue weighted by molar-refractivity contribution is 6.17. The van der Waals surface area contributed by atoms with Gasteiger partial charge in [0.25, 0.3) is 0 Å². The second-order valence-electron chi connectivity index (χ2n) is 16.7. The summed E-state index contributed by atoms with van der Waals surface area (Å²) in [4.78, 5) is 0. The van der Waals surface area contributed by atoms with Gasteiger partial charge in [-0.1, -0.05) is 129 Å². The van der Waals surface area contributed by atoms with Crippen LogP contribution in [0.2, 0.25) is 0 Å². The lowest BCUT2D eigenvalue weighted by atomic mass is 9.47. The fourth-order valence-electron chi connectivity index (χ4n) is 12.0. The fourth-order valence-corrected chi connectivity index (χ4v) is 12.0. The van der Waals surface area contributed by atoms with E-state index in [9.17, 15) is 0 Å². The molecule has 0 heteroatoms. The molecule has 4 fully saturated rings. The van der Waals surface area contributed by atoms with E-state index in [0.29, 0.717) is 0 Å². The van der Waals surface area contributed by atoms with Crippen LogP contribution in [0.4, 0.5) is 0 Å². The molecule has 7 aromatic carbocycles. The topological polar surface area (TPSA) is 0 Å². The molecular formula is C49H42. The highest BCUT2D eigenvalue weighted by atomic mass is 14.6. The molecular weight excluding hydrogens is 589 g/mol. The van der Waals surface area contributed by atoms with Crippen LogP contribution in [0.5, 0.6) is 0 Å².